The van der Waals surface area contributed by atoms with E-state index >= 15 is 0 Å². The maximum Gasteiger partial charge on any atom is 0.338 e. The first-order valence-electron chi connectivity index (χ1n) is 9.55. The molecule has 3 rings (SSSR count). The lowest BCUT2D eigenvalue weighted by atomic mass is 9.97. The highest BCUT2D eigenvalue weighted by Gasteiger charge is 2.18. The number of methoxy groups -OCH3 is 1. The summed E-state index contributed by atoms with van der Waals surface area (Å²) >= 11 is 1.12. The van der Waals surface area contributed by atoms with Gasteiger partial charge in [-0.15, -0.1) is 0 Å². The number of fused-ring (bicyclic) bond motifs is 1. The highest BCUT2D eigenvalue weighted by Crippen LogP contribution is 2.20. The number of aromatic amines is 1. The summed E-state index contributed by atoms with van der Waals surface area (Å²) in [6.45, 7) is 2.31. The van der Waals surface area contributed by atoms with Gasteiger partial charge in [-0.05, 0) is 45.1 Å². The van der Waals surface area contributed by atoms with Crippen LogP contribution in [0.1, 0.15) is 48.2 Å². The number of amides is 1. The van der Waals surface area contributed by atoms with Crippen LogP contribution in [0.5, 0.6) is 0 Å². The third-order valence-electron chi connectivity index (χ3n) is 4.68. The fraction of sp³-hybridized carbons (Fsp3) is 0.450. The molecule has 0 radical (unpaired) electrons. The van der Waals surface area contributed by atoms with E-state index in [-0.39, 0.29) is 33.4 Å². The van der Waals surface area contributed by atoms with Gasteiger partial charge in [-0.25, -0.2) is 14.8 Å². The second kappa shape index (κ2) is 9.69. The lowest BCUT2D eigenvalue weighted by Crippen LogP contribution is -2.26. The Morgan fingerprint density at radius 2 is 2.14 bits per heavy atom. The van der Waals surface area contributed by atoms with Crippen molar-refractivity contribution in [2.75, 3.05) is 19.4 Å². The van der Waals surface area contributed by atoms with Crippen LogP contribution in [0.15, 0.2) is 27.7 Å². The molecule has 9 heteroatoms. The molecule has 154 valence electrons. The summed E-state index contributed by atoms with van der Waals surface area (Å²) < 4.78 is 4.74. The van der Waals surface area contributed by atoms with Gasteiger partial charge in [0.15, 0.2) is 10.8 Å². The molecule has 2 aromatic heterocycles. The first-order chi connectivity index (χ1) is 14.0. The normalized spacial score (nSPS) is 13.8. The van der Waals surface area contributed by atoms with Gasteiger partial charge in [0, 0.05) is 12.2 Å². The molecule has 2 aromatic rings. The molecular weight excluding hydrogens is 392 g/mol. The van der Waals surface area contributed by atoms with E-state index in [9.17, 15) is 14.4 Å². The molecule has 0 aliphatic heterocycles. The van der Waals surface area contributed by atoms with Crippen molar-refractivity contribution in [2.24, 2.45) is 0 Å². The van der Waals surface area contributed by atoms with Crippen LogP contribution in [-0.2, 0) is 9.53 Å². The Morgan fingerprint density at radius 1 is 1.31 bits per heavy atom. The van der Waals surface area contributed by atoms with Crippen LogP contribution in [-0.4, -0.2) is 46.2 Å². The Balaban J connectivity index is 1.64. The summed E-state index contributed by atoms with van der Waals surface area (Å²) in [6.07, 6.45) is 7.87. The molecule has 1 aliphatic carbocycles. The summed E-state index contributed by atoms with van der Waals surface area (Å²) in [5.41, 5.74) is 1.74. The zero-order valence-electron chi connectivity index (χ0n) is 16.5. The molecule has 1 aliphatic rings. The van der Waals surface area contributed by atoms with Crippen LogP contribution in [0.2, 0.25) is 0 Å². The van der Waals surface area contributed by atoms with Crippen molar-refractivity contribution in [2.45, 2.75) is 44.2 Å². The zero-order chi connectivity index (χ0) is 20.8. The molecule has 0 saturated heterocycles. The van der Waals surface area contributed by atoms with Gasteiger partial charge in [0.05, 0.1) is 23.8 Å². The third-order valence-corrected chi connectivity index (χ3v) is 5.56. The highest BCUT2D eigenvalue weighted by atomic mass is 32.2. The Hall–Kier alpha value is -2.68. The predicted molar refractivity (Wildman–Crippen MR) is 111 cm³/mol. The predicted octanol–water partition coefficient (Wildman–Crippen LogP) is 2.51. The van der Waals surface area contributed by atoms with Gasteiger partial charge >= 0.3 is 5.97 Å². The summed E-state index contributed by atoms with van der Waals surface area (Å²) in [5, 5.41) is 3.26. The fourth-order valence-corrected chi connectivity index (χ4v) is 3.95. The monoisotopic (exact) mass is 416 g/mol. The average Bonchev–Trinajstić information content (AvgIpc) is 2.71. The lowest BCUT2D eigenvalue weighted by molar-refractivity contribution is -0.118. The molecule has 0 spiro atoms. The van der Waals surface area contributed by atoms with Crippen molar-refractivity contribution in [3.05, 3.63) is 39.3 Å². The van der Waals surface area contributed by atoms with Gasteiger partial charge < -0.3 is 15.0 Å². The van der Waals surface area contributed by atoms with Crippen molar-refractivity contribution in [1.82, 2.24) is 20.3 Å². The number of aryl methyl sites for hydroxylation is 1. The van der Waals surface area contributed by atoms with Gasteiger partial charge in [0.25, 0.3) is 5.56 Å². The Bertz CT molecular complexity index is 1020. The number of carbonyl (C=O) groups is 2. The maximum absolute atomic E-state index is 12.5. The topological polar surface area (TPSA) is 114 Å². The minimum Gasteiger partial charge on any atom is -0.465 e. The van der Waals surface area contributed by atoms with Crippen LogP contribution in [0.4, 0.5) is 0 Å². The van der Waals surface area contributed by atoms with Crippen molar-refractivity contribution < 1.29 is 14.3 Å². The highest BCUT2D eigenvalue weighted by molar-refractivity contribution is 7.99. The standard InChI is InChI=1S/C20H24N4O4S/c1-12-10-14(19(27)28-2)16-17(22-12)23-20(24-18(16)26)29-11-15(25)21-9-8-13-6-4-3-5-7-13/h6,10H,3-5,7-9,11H2,1-2H3,(H,21,25)(H,22,23,24,26). The smallest absolute Gasteiger partial charge is 0.338 e. The number of rotatable bonds is 7. The summed E-state index contributed by atoms with van der Waals surface area (Å²) in [5.74, 6) is -0.620. The third kappa shape index (κ3) is 5.44. The van der Waals surface area contributed by atoms with E-state index in [0.717, 1.165) is 31.0 Å². The molecule has 0 saturated carbocycles. The van der Waals surface area contributed by atoms with E-state index in [0.29, 0.717) is 12.2 Å². The Morgan fingerprint density at radius 3 is 2.86 bits per heavy atom. The van der Waals surface area contributed by atoms with E-state index in [1.54, 1.807) is 6.92 Å². The molecule has 0 atom stereocenters. The number of thioether (sulfide) groups is 1. The van der Waals surface area contributed by atoms with Crippen molar-refractivity contribution in [3.8, 4) is 0 Å². The second-order valence-corrected chi connectivity index (χ2v) is 7.83. The number of esters is 1. The number of allylic oxidation sites excluding steroid dienone is 1. The van der Waals surface area contributed by atoms with Gasteiger partial charge in [-0.1, -0.05) is 23.4 Å². The number of hydrogen-bond donors (Lipinski definition) is 2. The van der Waals surface area contributed by atoms with Crippen LogP contribution in [0.25, 0.3) is 11.0 Å². The number of nitrogens with one attached hydrogen (secondary N) is 2. The number of carbonyl (C=O) groups excluding carboxylic acids is 2. The van der Waals surface area contributed by atoms with E-state index in [4.69, 9.17) is 4.74 Å². The Kier molecular flexibility index (Phi) is 7.03. The number of ether oxygens (including phenoxy) is 1. The van der Waals surface area contributed by atoms with Gasteiger partial charge in [0.2, 0.25) is 5.91 Å². The number of pyridine rings is 1. The number of H-pyrrole nitrogens is 1. The van der Waals surface area contributed by atoms with E-state index in [1.807, 2.05) is 0 Å². The number of nitrogens with zero attached hydrogens (tertiary/aromatic N) is 2. The number of hydrogen-bond acceptors (Lipinski definition) is 7. The average molecular weight is 417 g/mol. The van der Waals surface area contributed by atoms with Crippen molar-refractivity contribution in [3.63, 3.8) is 0 Å². The summed E-state index contributed by atoms with van der Waals surface area (Å²) in [7, 11) is 1.25. The van der Waals surface area contributed by atoms with Crippen LogP contribution < -0.4 is 10.9 Å². The maximum atomic E-state index is 12.5. The largest absolute Gasteiger partial charge is 0.465 e. The van der Waals surface area contributed by atoms with Gasteiger partial charge in [-0.2, -0.15) is 0 Å². The molecular formula is C20H24N4O4S. The molecule has 2 heterocycles. The van der Waals surface area contributed by atoms with Crippen LogP contribution in [0.3, 0.4) is 0 Å². The lowest BCUT2D eigenvalue weighted by Gasteiger charge is -2.12. The van der Waals surface area contributed by atoms with Gasteiger partial charge in [-0.3, -0.25) is 9.59 Å². The summed E-state index contributed by atoms with van der Waals surface area (Å²) in [6, 6.07) is 1.49. The number of aromatic nitrogens is 3. The first-order valence-corrected chi connectivity index (χ1v) is 10.5. The van der Waals surface area contributed by atoms with Crippen molar-refractivity contribution >= 4 is 34.7 Å². The van der Waals surface area contributed by atoms with E-state index < -0.39 is 11.5 Å². The molecule has 0 bridgehead atoms. The molecule has 0 aromatic carbocycles. The molecule has 0 fully saturated rings. The SMILES string of the molecule is COC(=O)c1cc(C)nc2nc(SCC(=O)NCCC3=CCCCC3)[nH]c(=O)c12. The minimum absolute atomic E-state index is 0.0806. The van der Waals surface area contributed by atoms with Gasteiger partial charge in [0.1, 0.15) is 0 Å². The van der Waals surface area contributed by atoms with Crippen molar-refractivity contribution in [1.29, 1.82) is 0 Å². The minimum atomic E-state index is -0.624. The van der Waals surface area contributed by atoms with E-state index in [1.165, 1.54) is 31.6 Å². The zero-order valence-corrected chi connectivity index (χ0v) is 17.4. The molecule has 2 N–H and O–H groups in total. The first kappa shape index (κ1) is 21.0. The fourth-order valence-electron chi connectivity index (χ4n) is 3.26. The molecule has 8 nitrogen and oxygen atoms in total. The van der Waals surface area contributed by atoms with Crippen LogP contribution >= 0.6 is 11.8 Å². The molecule has 29 heavy (non-hydrogen) atoms. The second-order valence-electron chi connectivity index (χ2n) is 6.87. The quantitative estimate of drug-likeness (QED) is 0.308. The molecule has 1 amide bonds. The molecule has 0 unspecified atom stereocenters. The van der Waals surface area contributed by atoms with Crippen LogP contribution in [0, 0.1) is 6.92 Å². The summed E-state index contributed by atoms with van der Waals surface area (Å²) in [4.78, 5) is 47.7. The Labute approximate surface area is 172 Å². The van der Waals surface area contributed by atoms with E-state index in [2.05, 4.69) is 26.3 Å².